The normalized spacial score (nSPS) is 18.1. The first-order chi connectivity index (χ1) is 7.47. The molecular weight excluding hydrogens is 202 g/mol. The lowest BCUT2D eigenvalue weighted by atomic mass is 10.1. The van der Waals surface area contributed by atoms with Gasteiger partial charge >= 0.3 is 6.09 Å². The Balaban J connectivity index is 2.21. The fraction of sp³-hybridized carbons (Fsp3) is 0.308. The quantitative estimate of drug-likeness (QED) is 0.624. The third-order valence-corrected chi connectivity index (χ3v) is 2.16. The maximum atomic E-state index is 12.0. The predicted octanol–water partition coefficient (Wildman–Crippen LogP) is 3.13. The first-order valence-electron chi connectivity index (χ1n) is 5.27. The smallest absolute Gasteiger partial charge is 0.419 e. The highest BCUT2D eigenvalue weighted by atomic mass is 16.6. The number of hydrogen-bond donors (Lipinski definition) is 0. The number of amides is 1. The van der Waals surface area contributed by atoms with Crippen LogP contribution in [-0.4, -0.2) is 16.6 Å². The van der Waals surface area contributed by atoms with Gasteiger partial charge in [0, 0.05) is 0 Å². The van der Waals surface area contributed by atoms with Crippen LogP contribution in [0.2, 0.25) is 0 Å². The van der Waals surface area contributed by atoms with E-state index in [1.807, 2.05) is 57.2 Å². The van der Waals surface area contributed by atoms with Crippen LogP contribution in [0.4, 0.5) is 4.79 Å². The average Bonchev–Trinajstić information content (AvgIpc) is 2.13. The van der Waals surface area contributed by atoms with Crippen molar-refractivity contribution in [3.63, 3.8) is 0 Å². The largest absolute Gasteiger partial charge is 0.443 e. The molecule has 2 rings (SSSR count). The molecule has 2 aliphatic heterocycles. The molecule has 2 bridgehead atoms. The Morgan fingerprint density at radius 1 is 1.12 bits per heavy atom. The van der Waals surface area contributed by atoms with E-state index in [4.69, 9.17) is 4.74 Å². The second-order valence-corrected chi connectivity index (χ2v) is 4.72. The average molecular weight is 217 g/mol. The minimum absolute atomic E-state index is 0.335. The fourth-order valence-electron chi connectivity index (χ4n) is 1.57. The minimum Gasteiger partial charge on any atom is -0.443 e. The van der Waals surface area contributed by atoms with Crippen LogP contribution in [0.3, 0.4) is 0 Å². The molecule has 0 aliphatic carbocycles. The Morgan fingerprint density at radius 3 is 2.06 bits per heavy atom. The summed E-state index contributed by atoms with van der Waals surface area (Å²) in [4.78, 5) is 13.6. The van der Waals surface area contributed by atoms with E-state index in [-0.39, 0.29) is 6.09 Å². The minimum atomic E-state index is -0.475. The zero-order valence-electron chi connectivity index (χ0n) is 9.73. The van der Waals surface area contributed by atoms with Gasteiger partial charge in [0.15, 0.2) is 0 Å². The van der Waals surface area contributed by atoms with E-state index in [9.17, 15) is 4.79 Å². The molecule has 0 unspecified atom stereocenters. The molecule has 3 heteroatoms. The summed E-state index contributed by atoms with van der Waals surface area (Å²) in [6.45, 7) is 5.58. The second-order valence-electron chi connectivity index (χ2n) is 4.72. The SMILES string of the molecule is CC(C)(C)OC(=O)N1C2=CC=CC1=CC=C2. The maximum absolute atomic E-state index is 12.0. The predicted molar refractivity (Wildman–Crippen MR) is 62.5 cm³/mol. The Kier molecular flexibility index (Phi) is 2.46. The zero-order valence-corrected chi connectivity index (χ0v) is 9.73. The van der Waals surface area contributed by atoms with Gasteiger partial charge in [-0.3, -0.25) is 0 Å². The fourth-order valence-corrected chi connectivity index (χ4v) is 1.57. The molecule has 84 valence electrons. The number of fused-ring (bicyclic) bond motifs is 2. The van der Waals surface area contributed by atoms with E-state index >= 15 is 0 Å². The molecule has 0 saturated carbocycles. The van der Waals surface area contributed by atoms with E-state index < -0.39 is 5.60 Å². The summed E-state index contributed by atoms with van der Waals surface area (Å²) in [5, 5.41) is 0. The van der Waals surface area contributed by atoms with Gasteiger partial charge in [-0.1, -0.05) is 12.2 Å². The summed E-state index contributed by atoms with van der Waals surface area (Å²) in [6, 6.07) is 0. The van der Waals surface area contributed by atoms with Gasteiger partial charge in [-0.15, -0.1) is 0 Å². The molecule has 0 N–H and O–H groups in total. The Morgan fingerprint density at radius 2 is 1.62 bits per heavy atom. The first-order valence-corrected chi connectivity index (χ1v) is 5.27. The number of nitrogens with zero attached hydrogens (tertiary/aromatic N) is 1. The number of rotatable bonds is 0. The van der Waals surface area contributed by atoms with Crippen molar-refractivity contribution in [3.05, 3.63) is 47.9 Å². The molecule has 0 atom stereocenters. The summed E-state index contributed by atoms with van der Waals surface area (Å²) in [5.74, 6) is 0. The van der Waals surface area contributed by atoms with Gasteiger partial charge in [0.05, 0.1) is 11.4 Å². The molecule has 0 radical (unpaired) electrons. The topological polar surface area (TPSA) is 29.5 Å². The van der Waals surface area contributed by atoms with Gasteiger partial charge < -0.3 is 4.74 Å². The summed E-state index contributed by atoms with van der Waals surface area (Å²) in [5.41, 5.74) is 1.21. The van der Waals surface area contributed by atoms with Crippen molar-refractivity contribution < 1.29 is 9.53 Å². The van der Waals surface area contributed by atoms with Crippen molar-refractivity contribution in [1.29, 1.82) is 0 Å². The molecule has 0 aromatic rings. The van der Waals surface area contributed by atoms with Crippen LogP contribution in [-0.2, 0) is 4.74 Å². The molecular formula is C13H15NO2. The molecule has 0 fully saturated rings. The summed E-state index contributed by atoms with van der Waals surface area (Å²) in [6.07, 6.45) is 11.1. The van der Waals surface area contributed by atoms with Crippen LogP contribution < -0.4 is 0 Å². The van der Waals surface area contributed by atoms with Crippen LogP contribution in [0.25, 0.3) is 0 Å². The lowest BCUT2D eigenvalue weighted by Gasteiger charge is -2.31. The van der Waals surface area contributed by atoms with Crippen LogP contribution in [0.1, 0.15) is 20.8 Å². The molecule has 3 nitrogen and oxygen atoms in total. The molecule has 0 aromatic carbocycles. The zero-order chi connectivity index (χ0) is 11.8. The van der Waals surface area contributed by atoms with Crippen molar-refractivity contribution in [2.24, 2.45) is 0 Å². The van der Waals surface area contributed by atoms with Gasteiger partial charge in [0.2, 0.25) is 0 Å². The highest BCUT2D eigenvalue weighted by molar-refractivity contribution is 5.76. The Labute approximate surface area is 95.4 Å². The maximum Gasteiger partial charge on any atom is 0.419 e. The lowest BCUT2D eigenvalue weighted by molar-refractivity contribution is 0.0373. The van der Waals surface area contributed by atoms with E-state index in [0.29, 0.717) is 0 Å². The van der Waals surface area contributed by atoms with Crippen LogP contribution in [0, 0.1) is 0 Å². The van der Waals surface area contributed by atoms with Crippen molar-refractivity contribution in [3.8, 4) is 0 Å². The number of carbonyl (C=O) groups excluding carboxylic acids is 1. The van der Waals surface area contributed by atoms with E-state index in [1.165, 1.54) is 0 Å². The number of ether oxygens (including phenoxy) is 1. The van der Waals surface area contributed by atoms with Gasteiger partial charge in [0.1, 0.15) is 5.60 Å². The third kappa shape index (κ3) is 2.08. The van der Waals surface area contributed by atoms with Gasteiger partial charge in [0.25, 0.3) is 0 Å². The third-order valence-electron chi connectivity index (χ3n) is 2.16. The van der Waals surface area contributed by atoms with E-state index in [2.05, 4.69) is 0 Å². The number of hydrogen-bond acceptors (Lipinski definition) is 2. The molecule has 0 saturated heterocycles. The van der Waals surface area contributed by atoms with Crippen molar-refractivity contribution >= 4 is 6.09 Å². The van der Waals surface area contributed by atoms with Gasteiger partial charge in [-0.2, -0.15) is 0 Å². The molecule has 16 heavy (non-hydrogen) atoms. The second kappa shape index (κ2) is 3.67. The molecule has 2 heterocycles. The van der Waals surface area contributed by atoms with Crippen LogP contribution in [0.5, 0.6) is 0 Å². The van der Waals surface area contributed by atoms with Gasteiger partial charge in [-0.25, -0.2) is 9.69 Å². The molecule has 1 amide bonds. The van der Waals surface area contributed by atoms with Crippen LogP contribution in [0.15, 0.2) is 47.9 Å². The highest BCUT2D eigenvalue weighted by Gasteiger charge is 2.27. The Hall–Kier alpha value is -1.77. The van der Waals surface area contributed by atoms with Gasteiger partial charge in [-0.05, 0) is 45.1 Å². The summed E-state index contributed by atoms with van der Waals surface area (Å²) >= 11 is 0. The lowest BCUT2D eigenvalue weighted by Crippen LogP contribution is -2.36. The number of carbonyl (C=O) groups is 1. The highest BCUT2D eigenvalue weighted by Crippen LogP contribution is 2.26. The standard InChI is InChI=1S/C13H15NO2/c1-13(2,3)16-12(15)14-10-6-4-7-11(14)9-5-8-10/h4-9H,1-3H3. The summed E-state index contributed by atoms with van der Waals surface area (Å²) < 4.78 is 5.35. The van der Waals surface area contributed by atoms with Crippen LogP contribution >= 0.6 is 0 Å². The summed E-state index contributed by atoms with van der Waals surface area (Å²) in [7, 11) is 0. The molecule has 2 aliphatic rings. The van der Waals surface area contributed by atoms with E-state index in [0.717, 1.165) is 11.4 Å². The van der Waals surface area contributed by atoms with Crippen molar-refractivity contribution in [2.45, 2.75) is 26.4 Å². The van der Waals surface area contributed by atoms with Crippen molar-refractivity contribution in [1.82, 2.24) is 4.90 Å². The monoisotopic (exact) mass is 217 g/mol. The molecule has 0 spiro atoms. The van der Waals surface area contributed by atoms with Crippen molar-refractivity contribution in [2.75, 3.05) is 0 Å². The first kappa shape index (κ1) is 10.7. The number of allylic oxidation sites excluding steroid dienone is 6. The van der Waals surface area contributed by atoms with E-state index in [1.54, 1.807) is 4.90 Å². The Bertz CT molecular complexity index is 405. The molecule has 0 aromatic heterocycles.